The Kier molecular flexibility index (Phi) is 2.64. The summed E-state index contributed by atoms with van der Waals surface area (Å²) in [5.41, 5.74) is 0.991. The van der Waals surface area contributed by atoms with Gasteiger partial charge in [-0.05, 0) is 25.1 Å². The Labute approximate surface area is 75.2 Å². The van der Waals surface area contributed by atoms with Crippen LogP contribution in [0.25, 0.3) is 6.08 Å². The molecule has 1 aromatic heterocycles. The zero-order valence-electron chi connectivity index (χ0n) is 7.06. The van der Waals surface area contributed by atoms with Crippen molar-refractivity contribution in [3.05, 3.63) is 29.6 Å². The van der Waals surface area contributed by atoms with Crippen molar-refractivity contribution in [2.24, 2.45) is 0 Å². The Balaban J connectivity index is 3.00. The van der Waals surface area contributed by atoms with Gasteiger partial charge in [0.15, 0.2) is 0 Å². The SMILES string of the molecule is Cc1ccc(O)c(C=CC(=O)O)n1. The minimum atomic E-state index is -1.07. The molecule has 0 saturated heterocycles. The maximum Gasteiger partial charge on any atom is 0.328 e. The summed E-state index contributed by atoms with van der Waals surface area (Å²) < 4.78 is 0. The van der Waals surface area contributed by atoms with E-state index >= 15 is 0 Å². The van der Waals surface area contributed by atoms with Crippen LogP contribution in [-0.2, 0) is 4.79 Å². The van der Waals surface area contributed by atoms with Crippen molar-refractivity contribution in [1.82, 2.24) is 4.98 Å². The third-order valence-corrected chi connectivity index (χ3v) is 1.43. The van der Waals surface area contributed by atoms with Crippen LogP contribution in [-0.4, -0.2) is 21.2 Å². The van der Waals surface area contributed by atoms with E-state index in [4.69, 9.17) is 5.11 Å². The fraction of sp³-hybridized carbons (Fsp3) is 0.111. The number of carbonyl (C=O) groups is 1. The molecule has 0 amide bonds. The minimum Gasteiger partial charge on any atom is -0.506 e. The highest BCUT2D eigenvalue weighted by atomic mass is 16.4. The number of hydrogen-bond donors (Lipinski definition) is 2. The maximum absolute atomic E-state index is 10.2. The molecule has 0 aliphatic carbocycles. The van der Waals surface area contributed by atoms with E-state index in [0.29, 0.717) is 0 Å². The Hall–Kier alpha value is -1.84. The Morgan fingerprint density at radius 1 is 1.54 bits per heavy atom. The average molecular weight is 179 g/mol. The lowest BCUT2D eigenvalue weighted by atomic mass is 10.2. The first-order valence-corrected chi connectivity index (χ1v) is 3.67. The summed E-state index contributed by atoms with van der Waals surface area (Å²) in [4.78, 5) is 14.1. The van der Waals surface area contributed by atoms with E-state index in [9.17, 15) is 9.90 Å². The van der Waals surface area contributed by atoms with Crippen molar-refractivity contribution in [1.29, 1.82) is 0 Å². The first kappa shape index (κ1) is 9.25. The van der Waals surface area contributed by atoms with Crippen molar-refractivity contribution >= 4 is 12.0 Å². The molecule has 1 heterocycles. The zero-order chi connectivity index (χ0) is 9.84. The highest BCUT2D eigenvalue weighted by Gasteiger charge is 1.98. The van der Waals surface area contributed by atoms with E-state index in [1.165, 1.54) is 12.1 Å². The third-order valence-electron chi connectivity index (χ3n) is 1.43. The number of carboxylic acid groups (broad SMARTS) is 1. The first-order valence-electron chi connectivity index (χ1n) is 3.67. The smallest absolute Gasteiger partial charge is 0.328 e. The number of aromatic hydroxyl groups is 1. The van der Waals surface area contributed by atoms with E-state index in [1.54, 1.807) is 13.0 Å². The van der Waals surface area contributed by atoms with E-state index in [0.717, 1.165) is 11.8 Å². The number of pyridine rings is 1. The molecule has 0 aromatic carbocycles. The van der Waals surface area contributed by atoms with E-state index in [-0.39, 0.29) is 11.4 Å². The van der Waals surface area contributed by atoms with Crippen LogP contribution < -0.4 is 0 Å². The summed E-state index contributed by atoms with van der Waals surface area (Å²) in [7, 11) is 0. The normalized spacial score (nSPS) is 10.5. The van der Waals surface area contributed by atoms with Gasteiger partial charge in [-0.3, -0.25) is 0 Å². The van der Waals surface area contributed by atoms with Crippen LogP contribution in [0.3, 0.4) is 0 Å². The summed E-state index contributed by atoms with van der Waals surface area (Å²) in [5.74, 6) is -1.09. The second-order valence-corrected chi connectivity index (χ2v) is 2.53. The van der Waals surface area contributed by atoms with Crippen LogP contribution in [0.1, 0.15) is 11.4 Å². The summed E-state index contributed by atoms with van der Waals surface area (Å²) >= 11 is 0. The first-order chi connectivity index (χ1) is 6.09. The van der Waals surface area contributed by atoms with Crippen LogP contribution >= 0.6 is 0 Å². The average Bonchev–Trinajstić information content (AvgIpc) is 2.06. The van der Waals surface area contributed by atoms with Gasteiger partial charge in [-0.15, -0.1) is 0 Å². The molecular formula is C9H9NO3. The number of nitrogens with zero attached hydrogens (tertiary/aromatic N) is 1. The van der Waals surface area contributed by atoms with Gasteiger partial charge in [0.25, 0.3) is 0 Å². The van der Waals surface area contributed by atoms with Crippen molar-refractivity contribution in [3.8, 4) is 5.75 Å². The molecule has 4 heteroatoms. The standard InChI is InChI=1S/C9H9NO3/c1-6-2-4-8(11)7(10-6)3-5-9(12)13/h2-5,11H,1H3,(H,12,13). The molecule has 68 valence electrons. The fourth-order valence-corrected chi connectivity index (χ4v) is 0.842. The molecule has 0 unspecified atom stereocenters. The van der Waals surface area contributed by atoms with E-state index in [2.05, 4.69) is 4.98 Å². The Bertz CT molecular complexity index is 358. The van der Waals surface area contributed by atoms with Gasteiger partial charge in [-0.25, -0.2) is 9.78 Å². The quantitative estimate of drug-likeness (QED) is 0.669. The van der Waals surface area contributed by atoms with Crippen molar-refractivity contribution < 1.29 is 15.0 Å². The maximum atomic E-state index is 10.2. The highest BCUT2D eigenvalue weighted by Crippen LogP contribution is 2.15. The monoisotopic (exact) mass is 179 g/mol. The lowest BCUT2D eigenvalue weighted by molar-refractivity contribution is -0.131. The second kappa shape index (κ2) is 3.71. The van der Waals surface area contributed by atoms with Gasteiger partial charge >= 0.3 is 5.97 Å². The molecule has 2 N–H and O–H groups in total. The van der Waals surface area contributed by atoms with Gasteiger partial charge in [-0.2, -0.15) is 0 Å². The van der Waals surface area contributed by atoms with Crippen molar-refractivity contribution in [3.63, 3.8) is 0 Å². The van der Waals surface area contributed by atoms with Gasteiger partial charge in [0.1, 0.15) is 11.4 Å². The molecule has 1 aromatic rings. The van der Waals surface area contributed by atoms with Crippen molar-refractivity contribution in [2.75, 3.05) is 0 Å². The molecule has 0 aliphatic rings. The van der Waals surface area contributed by atoms with Crippen molar-refractivity contribution in [2.45, 2.75) is 6.92 Å². The summed E-state index contributed by atoms with van der Waals surface area (Å²) in [6.45, 7) is 1.76. The minimum absolute atomic E-state index is 0.0249. The van der Waals surface area contributed by atoms with Crippen LogP contribution in [0.2, 0.25) is 0 Å². The molecule has 0 fully saturated rings. The lowest BCUT2D eigenvalue weighted by Gasteiger charge is -1.98. The number of aryl methyl sites for hydroxylation is 1. The van der Waals surface area contributed by atoms with Gasteiger partial charge < -0.3 is 10.2 Å². The van der Waals surface area contributed by atoms with Crippen LogP contribution in [0, 0.1) is 6.92 Å². The molecule has 0 bridgehead atoms. The number of rotatable bonds is 2. The largest absolute Gasteiger partial charge is 0.506 e. The number of aromatic nitrogens is 1. The molecule has 0 aliphatic heterocycles. The molecule has 1 rings (SSSR count). The van der Waals surface area contributed by atoms with E-state index < -0.39 is 5.97 Å². The van der Waals surface area contributed by atoms with Crippen LogP contribution in [0.4, 0.5) is 0 Å². The van der Waals surface area contributed by atoms with Crippen LogP contribution in [0.5, 0.6) is 5.75 Å². The third kappa shape index (κ3) is 2.59. The number of hydrogen-bond acceptors (Lipinski definition) is 3. The Morgan fingerprint density at radius 3 is 2.85 bits per heavy atom. The summed E-state index contributed by atoms with van der Waals surface area (Å²) in [6, 6.07) is 3.12. The topological polar surface area (TPSA) is 70.4 Å². The van der Waals surface area contributed by atoms with Crippen LogP contribution in [0.15, 0.2) is 18.2 Å². The fourth-order valence-electron chi connectivity index (χ4n) is 0.842. The highest BCUT2D eigenvalue weighted by molar-refractivity contribution is 5.85. The molecule has 4 nitrogen and oxygen atoms in total. The molecule has 0 spiro atoms. The van der Waals surface area contributed by atoms with Gasteiger partial charge in [-0.1, -0.05) is 0 Å². The number of aliphatic carboxylic acids is 1. The Morgan fingerprint density at radius 2 is 2.23 bits per heavy atom. The van der Waals surface area contributed by atoms with Gasteiger partial charge in [0, 0.05) is 11.8 Å². The second-order valence-electron chi connectivity index (χ2n) is 2.53. The lowest BCUT2D eigenvalue weighted by Crippen LogP contribution is -1.89. The van der Waals surface area contributed by atoms with Gasteiger partial charge in [0.05, 0.1) is 0 Å². The predicted molar refractivity (Wildman–Crippen MR) is 47.3 cm³/mol. The number of carboxylic acids is 1. The molecule has 13 heavy (non-hydrogen) atoms. The zero-order valence-corrected chi connectivity index (χ0v) is 7.06. The summed E-state index contributed by atoms with van der Waals surface area (Å²) in [5, 5.41) is 17.6. The molecule has 0 radical (unpaired) electrons. The van der Waals surface area contributed by atoms with Gasteiger partial charge in [0.2, 0.25) is 0 Å². The van der Waals surface area contributed by atoms with E-state index in [1.807, 2.05) is 0 Å². The predicted octanol–water partition coefficient (Wildman–Crippen LogP) is 1.19. The molecule has 0 atom stereocenters. The molecular weight excluding hydrogens is 170 g/mol. The summed E-state index contributed by atoms with van der Waals surface area (Å²) in [6.07, 6.45) is 2.19. The molecule has 0 saturated carbocycles.